The van der Waals surface area contributed by atoms with E-state index in [4.69, 9.17) is 10.5 Å². The van der Waals surface area contributed by atoms with Gasteiger partial charge in [-0.2, -0.15) is 0 Å². The predicted molar refractivity (Wildman–Crippen MR) is 58.2 cm³/mol. The number of nitrogens with two attached hydrogens (primary N) is 1. The molecule has 78 valence electrons. The summed E-state index contributed by atoms with van der Waals surface area (Å²) in [7, 11) is 0. The fourth-order valence-electron chi connectivity index (χ4n) is 0.996. The van der Waals surface area contributed by atoms with Gasteiger partial charge in [-0.3, -0.25) is 0 Å². The van der Waals surface area contributed by atoms with E-state index >= 15 is 0 Å². The highest BCUT2D eigenvalue weighted by molar-refractivity contribution is 9.10. The fourth-order valence-corrected chi connectivity index (χ4v) is 2.37. The lowest BCUT2D eigenvalue weighted by Gasteiger charge is -2.16. The van der Waals surface area contributed by atoms with Crippen LogP contribution in [0.4, 0.5) is 0 Å². The molecule has 14 heavy (non-hydrogen) atoms. The van der Waals surface area contributed by atoms with Crippen molar-refractivity contribution >= 4 is 33.6 Å². The lowest BCUT2D eigenvalue weighted by Crippen LogP contribution is -2.31. The van der Waals surface area contributed by atoms with E-state index in [1.807, 2.05) is 12.3 Å². The van der Waals surface area contributed by atoms with Crippen molar-refractivity contribution in [2.24, 2.45) is 5.73 Å². The Morgan fingerprint density at radius 3 is 3.00 bits per heavy atom. The zero-order valence-electron chi connectivity index (χ0n) is 7.64. The molecule has 1 aromatic heterocycles. The van der Waals surface area contributed by atoms with Crippen LogP contribution < -0.4 is 5.73 Å². The van der Waals surface area contributed by atoms with Crippen LogP contribution in [0.25, 0.3) is 0 Å². The Morgan fingerprint density at radius 2 is 2.57 bits per heavy atom. The summed E-state index contributed by atoms with van der Waals surface area (Å²) in [5.41, 5.74) is 5.60. The fraction of sp³-hybridized carbons (Fsp3) is 0.500. The average molecular weight is 279 g/mol. The van der Waals surface area contributed by atoms with Crippen LogP contribution in [0, 0.1) is 0 Å². The number of hydrogen-bond donors (Lipinski definition) is 1. The van der Waals surface area contributed by atoms with Crippen LogP contribution in [0.1, 0.15) is 18.0 Å². The molecule has 0 saturated heterocycles. The summed E-state index contributed by atoms with van der Waals surface area (Å²) >= 11 is 4.66. The van der Waals surface area contributed by atoms with Gasteiger partial charge >= 0.3 is 0 Å². The van der Waals surface area contributed by atoms with Crippen molar-refractivity contribution in [3.63, 3.8) is 0 Å². The first kappa shape index (κ1) is 11.8. The van der Waals surface area contributed by atoms with Gasteiger partial charge in [-0.25, -0.2) is 4.98 Å². The van der Waals surface area contributed by atoms with Gasteiger partial charge in [-0.05, 0) is 22.9 Å². The summed E-state index contributed by atoms with van der Waals surface area (Å²) in [6.45, 7) is 2.36. The van der Waals surface area contributed by atoms with Crippen molar-refractivity contribution in [3.05, 3.63) is 15.0 Å². The number of nitrogens with zero attached hydrogens (tertiary/aromatic N) is 1. The topological polar surface area (TPSA) is 65.2 Å². The molecule has 0 fully saturated rings. The van der Waals surface area contributed by atoms with Crippen molar-refractivity contribution in [2.45, 2.75) is 19.1 Å². The lowest BCUT2D eigenvalue weighted by atomic mass is 10.2. The van der Waals surface area contributed by atoms with Crippen LogP contribution >= 0.6 is 27.3 Å². The average Bonchev–Trinajstić information content (AvgIpc) is 2.60. The molecular weight excluding hydrogens is 268 g/mol. The van der Waals surface area contributed by atoms with E-state index in [9.17, 15) is 4.79 Å². The lowest BCUT2D eigenvalue weighted by molar-refractivity contribution is -0.112. The third-order valence-electron chi connectivity index (χ3n) is 1.59. The summed E-state index contributed by atoms with van der Waals surface area (Å²) in [5.74, 6) is 0. The van der Waals surface area contributed by atoms with Gasteiger partial charge in [0.15, 0.2) is 0 Å². The molecule has 4 nitrogen and oxygen atoms in total. The second kappa shape index (κ2) is 5.55. The van der Waals surface area contributed by atoms with E-state index in [1.54, 1.807) is 0 Å². The van der Waals surface area contributed by atoms with Crippen LogP contribution in [-0.2, 0) is 9.53 Å². The number of aromatic nitrogens is 1. The Balaban J connectivity index is 2.81. The minimum Gasteiger partial charge on any atom is -0.369 e. The van der Waals surface area contributed by atoms with Gasteiger partial charge in [0.1, 0.15) is 22.0 Å². The van der Waals surface area contributed by atoms with Gasteiger partial charge in [0, 0.05) is 12.0 Å². The van der Waals surface area contributed by atoms with Gasteiger partial charge in [-0.15, -0.1) is 11.3 Å². The predicted octanol–water partition coefficient (Wildman–Crippen LogP) is 1.51. The number of rotatable bonds is 5. The Morgan fingerprint density at radius 1 is 1.86 bits per heavy atom. The standard InChI is InChI=1S/C8H11BrN2O2S/c1-2-13-7(5(10)3-12)8-11-6(9)4-14-8/h3-5,7H,2,10H2,1H3. The van der Waals surface area contributed by atoms with Crippen LogP contribution in [0.2, 0.25) is 0 Å². The van der Waals surface area contributed by atoms with Gasteiger partial charge in [0.2, 0.25) is 0 Å². The highest BCUT2D eigenvalue weighted by Gasteiger charge is 2.22. The van der Waals surface area contributed by atoms with Gasteiger partial charge in [0.05, 0.1) is 6.04 Å². The monoisotopic (exact) mass is 278 g/mol. The van der Waals surface area contributed by atoms with Crippen LogP contribution in [0.3, 0.4) is 0 Å². The maximum atomic E-state index is 10.6. The molecule has 2 unspecified atom stereocenters. The zero-order chi connectivity index (χ0) is 10.6. The molecule has 0 amide bonds. The summed E-state index contributed by atoms with van der Waals surface area (Å²) < 4.78 is 6.10. The number of carbonyl (C=O) groups is 1. The smallest absolute Gasteiger partial charge is 0.139 e. The molecule has 1 aromatic rings. The summed E-state index contributed by atoms with van der Waals surface area (Å²) in [6, 6.07) is -0.659. The Labute approximate surface area is 94.6 Å². The van der Waals surface area contributed by atoms with Crippen molar-refractivity contribution in [1.82, 2.24) is 4.98 Å². The number of ether oxygens (including phenoxy) is 1. The third-order valence-corrected chi connectivity index (χ3v) is 3.21. The molecule has 0 aliphatic rings. The summed E-state index contributed by atoms with van der Waals surface area (Å²) in [6.07, 6.45) is 0.240. The number of thiazole rings is 1. The van der Waals surface area contributed by atoms with E-state index in [-0.39, 0.29) is 0 Å². The highest BCUT2D eigenvalue weighted by Crippen LogP contribution is 2.25. The minimum absolute atomic E-state index is 0.436. The Bertz CT molecular complexity index is 305. The molecule has 1 heterocycles. The molecule has 0 saturated carbocycles. The molecule has 0 radical (unpaired) electrons. The molecule has 0 aromatic carbocycles. The van der Waals surface area contributed by atoms with Crippen LogP contribution in [-0.4, -0.2) is 23.9 Å². The van der Waals surface area contributed by atoms with E-state index < -0.39 is 12.1 Å². The molecule has 0 bridgehead atoms. The Kier molecular flexibility index (Phi) is 4.67. The van der Waals surface area contributed by atoms with E-state index in [0.717, 1.165) is 9.61 Å². The van der Waals surface area contributed by atoms with E-state index in [1.165, 1.54) is 11.3 Å². The zero-order valence-corrected chi connectivity index (χ0v) is 10.0. The second-order valence-corrected chi connectivity index (χ2v) is 4.30. The number of halogens is 1. The Hall–Kier alpha value is -0.300. The second-order valence-electron chi connectivity index (χ2n) is 2.60. The SMILES string of the molecule is CCOC(c1nc(Br)cs1)C(N)C=O. The first-order valence-corrected chi connectivity index (χ1v) is 5.79. The molecule has 6 heteroatoms. The molecule has 2 atom stereocenters. The van der Waals surface area contributed by atoms with Crippen LogP contribution in [0.5, 0.6) is 0 Å². The maximum absolute atomic E-state index is 10.6. The van der Waals surface area contributed by atoms with Crippen molar-refractivity contribution < 1.29 is 9.53 Å². The first-order valence-electron chi connectivity index (χ1n) is 4.12. The van der Waals surface area contributed by atoms with Crippen LogP contribution in [0.15, 0.2) is 9.98 Å². The van der Waals surface area contributed by atoms with E-state index in [0.29, 0.717) is 12.9 Å². The van der Waals surface area contributed by atoms with Gasteiger partial charge in [0.25, 0.3) is 0 Å². The summed E-state index contributed by atoms with van der Waals surface area (Å²) in [5, 5.41) is 2.55. The first-order chi connectivity index (χ1) is 6.69. The number of aldehydes is 1. The normalized spacial score (nSPS) is 15.1. The molecule has 0 aliphatic carbocycles. The highest BCUT2D eigenvalue weighted by atomic mass is 79.9. The molecule has 0 spiro atoms. The molecule has 1 rings (SSSR count). The maximum Gasteiger partial charge on any atom is 0.139 e. The van der Waals surface area contributed by atoms with Crippen molar-refractivity contribution in [3.8, 4) is 0 Å². The third kappa shape index (κ3) is 2.84. The quantitative estimate of drug-likeness (QED) is 0.830. The van der Waals surface area contributed by atoms with Gasteiger partial charge < -0.3 is 15.3 Å². The molecule has 0 aliphatic heterocycles. The van der Waals surface area contributed by atoms with E-state index in [2.05, 4.69) is 20.9 Å². The van der Waals surface area contributed by atoms with Gasteiger partial charge in [-0.1, -0.05) is 0 Å². The molecule has 2 N–H and O–H groups in total. The largest absolute Gasteiger partial charge is 0.369 e. The summed E-state index contributed by atoms with van der Waals surface area (Å²) in [4.78, 5) is 14.7. The molecular formula is C8H11BrN2O2S. The van der Waals surface area contributed by atoms with Crippen molar-refractivity contribution in [2.75, 3.05) is 6.61 Å². The minimum atomic E-state index is -0.659. The number of carbonyl (C=O) groups excluding carboxylic acids is 1. The number of hydrogen-bond acceptors (Lipinski definition) is 5. The van der Waals surface area contributed by atoms with Crippen molar-refractivity contribution in [1.29, 1.82) is 0 Å².